The predicted octanol–water partition coefficient (Wildman–Crippen LogP) is 24.4. The Morgan fingerprint density at radius 2 is 0.444 bits per heavy atom. The number of esters is 3. The Hall–Kier alpha value is -3.15. The smallest absolute Gasteiger partial charge is 0.306 e. The lowest BCUT2D eigenvalue weighted by molar-refractivity contribution is -0.167. The highest BCUT2D eigenvalue weighted by molar-refractivity contribution is 5.71. The van der Waals surface area contributed by atoms with Crippen molar-refractivity contribution in [2.75, 3.05) is 13.2 Å². The standard InChI is InChI=1S/C75H134O6/c1-4-7-10-13-16-19-22-25-27-29-30-31-32-33-34-35-36-37-38-39-40-41-42-43-44-46-47-50-53-56-59-62-65-68-74(77)80-71-72(70-79-73(76)67-64-61-58-55-52-49-24-21-18-15-12-9-6-3)81-75(78)69-66-63-60-57-54-51-48-45-28-26-23-20-17-14-11-8-5-2/h17,20-22,24-26,28-30,32-33,72H,4-16,18-19,23,27,31,34-71H2,1-3H3/b20-17-,24-21-,25-22-,28-26-,30-29-,33-32-. The predicted molar refractivity (Wildman–Crippen MR) is 353 cm³/mol. The summed E-state index contributed by atoms with van der Waals surface area (Å²) in [6.45, 7) is 6.62. The van der Waals surface area contributed by atoms with Crippen LogP contribution >= 0.6 is 0 Å². The zero-order valence-corrected chi connectivity index (χ0v) is 54.1. The lowest BCUT2D eigenvalue weighted by atomic mass is 10.0. The summed E-state index contributed by atoms with van der Waals surface area (Å²) >= 11 is 0. The normalized spacial score (nSPS) is 12.5. The van der Waals surface area contributed by atoms with E-state index >= 15 is 0 Å². The Morgan fingerprint density at radius 1 is 0.247 bits per heavy atom. The summed E-state index contributed by atoms with van der Waals surface area (Å²) < 4.78 is 16.9. The van der Waals surface area contributed by atoms with Crippen molar-refractivity contribution in [3.8, 4) is 0 Å². The Bertz CT molecular complexity index is 1490. The van der Waals surface area contributed by atoms with Crippen LogP contribution in [-0.2, 0) is 28.6 Å². The van der Waals surface area contributed by atoms with Crippen LogP contribution in [0.2, 0.25) is 0 Å². The van der Waals surface area contributed by atoms with Crippen molar-refractivity contribution >= 4 is 17.9 Å². The molecule has 0 aromatic rings. The van der Waals surface area contributed by atoms with Gasteiger partial charge in [-0.3, -0.25) is 14.4 Å². The summed E-state index contributed by atoms with van der Waals surface area (Å²) in [5.74, 6) is -0.876. The van der Waals surface area contributed by atoms with Crippen molar-refractivity contribution in [2.45, 2.75) is 374 Å². The molecule has 0 aromatic carbocycles. The SMILES string of the molecule is CCCCC/C=C\C/C=C\CCCCCCCCCC(=O)OC(COC(=O)CCCCCCC/C=C\CCCCCC)COC(=O)CCCCCCCCCCCCCCCCCCCC/C=C\C/C=C\C/C=C\CCCCCCC. The highest BCUT2D eigenvalue weighted by Gasteiger charge is 2.19. The van der Waals surface area contributed by atoms with Gasteiger partial charge in [-0.15, -0.1) is 0 Å². The molecule has 0 amide bonds. The van der Waals surface area contributed by atoms with Crippen LogP contribution in [0.5, 0.6) is 0 Å². The van der Waals surface area contributed by atoms with Crippen molar-refractivity contribution in [2.24, 2.45) is 0 Å². The molecule has 470 valence electrons. The molecule has 0 radical (unpaired) electrons. The van der Waals surface area contributed by atoms with Crippen molar-refractivity contribution in [1.82, 2.24) is 0 Å². The van der Waals surface area contributed by atoms with Gasteiger partial charge in [-0.25, -0.2) is 0 Å². The highest BCUT2D eigenvalue weighted by atomic mass is 16.6. The Labute approximate surface area is 503 Å². The largest absolute Gasteiger partial charge is 0.462 e. The molecule has 81 heavy (non-hydrogen) atoms. The zero-order valence-electron chi connectivity index (χ0n) is 54.1. The van der Waals surface area contributed by atoms with Crippen LogP contribution in [0.3, 0.4) is 0 Å². The molecule has 6 nitrogen and oxygen atoms in total. The molecule has 0 spiro atoms. The van der Waals surface area contributed by atoms with Gasteiger partial charge in [0.15, 0.2) is 6.10 Å². The van der Waals surface area contributed by atoms with Crippen molar-refractivity contribution in [3.63, 3.8) is 0 Å². The fourth-order valence-corrected chi connectivity index (χ4v) is 10.3. The van der Waals surface area contributed by atoms with Crippen LogP contribution in [-0.4, -0.2) is 37.2 Å². The Kier molecular flexibility index (Phi) is 66.6. The maximum Gasteiger partial charge on any atom is 0.306 e. The summed E-state index contributed by atoms with van der Waals surface area (Å²) in [7, 11) is 0. The molecule has 0 saturated carbocycles. The second-order valence-corrected chi connectivity index (χ2v) is 23.8. The lowest BCUT2D eigenvalue weighted by Gasteiger charge is -2.18. The number of unbranched alkanes of at least 4 members (excludes halogenated alkanes) is 42. The van der Waals surface area contributed by atoms with Gasteiger partial charge >= 0.3 is 17.9 Å². The molecular formula is C75H134O6. The van der Waals surface area contributed by atoms with Gasteiger partial charge in [-0.2, -0.15) is 0 Å². The molecule has 1 unspecified atom stereocenters. The minimum Gasteiger partial charge on any atom is -0.462 e. The molecular weight excluding hydrogens is 997 g/mol. The number of rotatable bonds is 65. The Morgan fingerprint density at radius 3 is 0.741 bits per heavy atom. The van der Waals surface area contributed by atoms with Gasteiger partial charge in [0.1, 0.15) is 13.2 Å². The average molecular weight is 1130 g/mol. The van der Waals surface area contributed by atoms with E-state index in [-0.39, 0.29) is 31.1 Å². The van der Waals surface area contributed by atoms with E-state index in [0.717, 1.165) is 89.9 Å². The Balaban J connectivity index is 4.16. The molecule has 0 aliphatic carbocycles. The van der Waals surface area contributed by atoms with E-state index in [1.807, 2.05) is 0 Å². The van der Waals surface area contributed by atoms with Gasteiger partial charge in [0.05, 0.1) is 0 Å². The van der Waals surface area contributed by atoms with Crippen LogP contribution in [0.4, 0.5) is 0 Å². The first-order chi connectivity index (χ1) is 40.0. The maximum atomic E-state index is 12.9. The third-order valence-electron chi connectivity index (χ3n) is 15.7. The first-order valence-electron chi connectivity index (χ1n) is 35.4. The fourth-order valence-electron chi connectivity index (χ4n) is 10.3. The number of ether oxygens (including phenoxy) is 3. The van der Waals surface area contributed by atoms with Gasteiger partial charge < -0.3 is 14.2 Å². The highest BCUT2D eigenvalue weighted by Crippen LogP contribution is 2.17. The monoisotopic (exact) mass is 1130 g/mol. The molecule has 0 heterocycles. The first-order valence-corrected chi connectivity index (χ1v) is 35.4. The number of allylic oxidation sites excluding steroid dienone is 12. The van der Waals surface area contributed by atoms with Crippen LogP contribution in [0, 0.1) is 0 Å². The molecule has 0 aliphatic heterocycles. The molecule has 0 fully saturated rings. The van der Waals surface area contributed by atoms with Gasteiger partial charge in [0.25, 0.3) is 0 Å². The molecule has 0 aliphatic rings. The molecule has 0 aromatic heterocycles. The lowest BCUT2D eigenvalue weighted by Crippen LogP contribution is -2.30. The van der Waals surface area contributed by atoms with E-state index in [1.165, 1.54) is 238 Å². The third kappa shape index (κ3) is 67.5. The molecule has 0 rings (SSSR count). The minimum atomic E-state index is -0.782. The quantitative estimate of drug-likeness (QED) is 0.0261. The van der Waals surface area contributed by atoms with Crippen molar-refractivity contribution in [3.05, 3.63) is 72.9 Å². The third-order valence-corrected chi connectivity index (χ3v) is 15.7. The number of carbonyl (C=O) groups excluding carboxylic acids is 3. The number of hydrogen-bond acceptors (Lipinski definition) is 6. The summed E-state index contributed by atoms with van der Waals surface area (Å²) in [4.78, 5) is 38.4. The summed E-state index contributed by atoms with van der Waals surface area (Å²) in [6.07, 6.45) is 90.8. The number of hydrogen-bond donors (Lipinski definition) is 0. The molecule has 0 N–H and O–H groups in total. The first kappa shape index (κ1) is 77.9. The van der Waals surface area contributed by atoms with E-state index in [1.54, 1.807) is 0 Å². The van der Waals surface area contributed by atoms with Crippen LogP contribution in [0.1, 0.15) is 367 Å². The zero-order chi connectivity index (χ0) is 58.5. The minimum absolute atomic E-state index is 0.0779. The number of carbonyl (C=O) groups is 3. The van der Waals surface area contributed by atoms with Crippen LogP contribution in [0.15, 0.2) is 72.9 Å². The molecule has 0 bridgehead atoms. The van der Waals surface area contributed by atoms with Gasteiger partial charge in [0, 0.05) is 19.3 Å². The summed E-state index contributed by atoms with van der Waals surface area (Å²) in [5, 5.41) is 0. The second-order valence-electron chi connectivity index (χ2n) is 23.8. The molecule has 0 saturated heterocycles. The van der Waals surface area contributed by atoms with Gasteiger partial charge in [0.2, 0.25) is 0 Å². The van der Waals surface area contributed by atoms with E-state index < -0.39 is 6.10 Å². The van der Waals surface area contributed by atoms with E-state index in [2.05, 4.69) is 93.7 Å². The van der Waals surface area contributed by atoms with Gasteiger partial charge in [-0.1, -0.05) is 306 Å². The van der Waals surface area contributed by atoms with Crippen molar-refractivity contribution < 1.29 is 28.6 Å². The van der Waals surface area contributed by atoms with E-state index in [0.29, 0.717) is 19.3 Å². The molecule has 1 atom stereocenters. The maximum absolute atomic E-state index is 12.9. The summed E-state index contributed by atoms with van der Waals surface area (Å²) in [6, 6.07) is 0. The topological polar surface area (TPSA) is 78.9 Å². The molecule has 6 heteroatoms. The van der Waals surface area contributed by atoms with Crippen molar-refractivity contribution in [1.29, 1.82) is 0 Å². The fraction of sp³-hybridized carbons (Fsp3) is 0.800. The average Bonchev–Trinajstić information content (AvgIpc) is 3.46. The van der Waals surface area contributed by atoms with Gasteiger partial charge in [-0.05, 0) is 116 Å². The summed E-state index contributed by atoms with van der Waals surface area (Å²) in [5.41, 5.74) is 0. The second kappa shape index (κ2) is 69.3. The van der Waals surface area contributed by atoms with Crippen LogP contribution < -0.4 is 0 Å². The van der Waals surface area contributed by atoms with E-state index in [4.69, 9.17) is 14.2 Å². The van der Waals surface area contributed by atoms with Crippen LogP contribution in [0.25, 0.3) is 0 Å². The van der Waals surface area contributed by atoms with E-state index in [9.17, 15) is 14.4 Å².